The van der Waals surface area contributed by atoms with Crippen molar-refractivity contribution in [3.63, 3.8) is 0 Å². The highest BCUT2D eigenvalue weighted by molar-refractivity contribution is 5.93. The number of hydrogen-bond donors (Lipinski definition) is 2. The van der Waals surface area contributed by atoms with Gasteiger partial charge in [-0.1, -0.05) is 6.42 Å². The van der Waals surface area contributed by atoms with E-state index in [4.69, 9.17) is 0 Å². The maximum Gasteiger partial charge on any atom is 0.449 e. The number of benzene rings is 1. The van der Waals surface area contributed by atoms with Crippen molar-refractivity contribution in [3.8, 4) is 0 Å². The van der Waals surface area contributed by atoms with Crippen LogP contribution in [0.15, 0.2) is 18.2 Å². The highest BCUT2D eigenvalue weighted by Gasteiger charge is 2.40. The van der Waals surface area contributed by atoms with Crippen molar-refractivity contribution in [1.29, 1.82) is 0 Å². The number of alkyl halides is 3. The normalized spacial score (nSPS) is 26.2. The molecule has 2 bridgehead atoms. The van der Waals surface area contributed by atoms with Gasteiger partial charge in [-0.15, -0.1) is 0 Å². The van der Waals surface area contributed by atoms with Crippen molar-refractivity contribution in [2.45, 2.75) is 38.3 Å². The molecule has 2 fully saturated rings. The van der Waals surface area contributed by atoms with Crippen molar-refractivity contribution < 1.29 is 18.0 Å². The molecular formula is C17H18F3N3O. The molecule has 4 nitrogen and oxygen atoms in total. The predicted molar refractivity (Wildman–Crippen MR) is 83.3 cm³/mol. The lowest BCUT2D eigenvalue weighted by Crippen LogP contribution is -2.20. The molecule has 2 N–H and O–H groups in total. The molecule has 2 aliphatic carbocycles. The van der Waals surface area contributed by atoms with Gasteiger partial charge in [0.25, 0.3) is 0 Å². The number of fused-ring (bicyclic) bond motifs is 3. The minimum absolute atomic E-state index is 0.0672. The van der Waals surface area contributed by atoms with Crippen molar-refractivity contribution in [3.05, 3.63) is 24.0 Å². The minimum atomic E-state index is -4.51. The van der Waals surface area contributed by atoms with E-state index in [2.05, 4.69) is 15.3 Å². The first kappa shape index (κ1) is 15.5. The highest BCUT2D eigenvalue weighted by atomic mass is 19.4. The summed E-state index contributed by atoms with van der Waals surface area (Å²) in [5.74, 6) is 0.821. The molecule has 1 amide bonds. The Morgan fingerprint density at radius 1 is 1.29 bits per heavy atom. The number of aromatic amines is 1. The lowest BCUT2D eigenvalue weighted by Gasteiger charge is -2.20. The first-order chi connectivity index (χ1) is 11.4. The van der Waals surface area contributed by atoms with Crippen LogP contribution in [0.2, 0.25) is 0 Å². The van der Waals surface area contributed by atoms with Gasteiger partial charge in [-0.05, 0) is 55.2 Å². The molecule has 0 saturated heterocycles. The third kappa shape index (κ3) is 2.87. The Labute approximate surface area is 136 Å². The zero-order chi connectivity index (χ0) is 16.9. The van der Waals surface area contributed by atoms with E-state index >= 15 is 0 Å². The van der Waals surface area contributed by atoms with Gasteiger partial charge in [0.15, 0.2) is 0 Å². The number of nitrogens with zero attached hydrogens (tertiary/aromatic N) is 1. The van der Waals surface area contributed by atoms with Crippen LogP contribution in [-0.2, 0) is 11.0 Å². The molecule has 128 valence electrons. The van der Waals surface area contributed by atoms with Gasteiger partial charge in [0.2, 0.25) is 11.7 Å². The summed E-state index contributed by atoms with van der Waals surface area (Å²) < 4.78 is 38.0. The number of carbonyl (C=O) groups is 1. The first-order valence-corrected chi connectivity index (χ1v) is 8.25. The van der Waals surface area contributed by atoms with Gasteiger partial charge in [-0.25, -0.2) is 4.98 Å². The molecule has 0 aliphatic heterocycles. The van der Waals surface area contributed by atoms with Crippen LogP contribution in [0.3, 0.4) is 0 Å². The standard InChI is InChI=1S/C17H18F3N3O/c18-17(19,20)16-22-13-4-3-12(8-14(13)23-16)21-15(24)7-11-6-9-1-2-10(11)5-9/h3-4,8-11H,1-2,5-7H2,(H,21,24)(H,22,23)/t9-,10-,11-/m0/s1. The Morgan fingerprint density at radius 3 is 2.79 bits per heavy atom. The fourth-order valence-corrected chi connectivity index (χ4v) is 4.30. The lowest BCUT2D eigenvalue weighted by atomic mass is 9.86. The second kappa shape index (κ2) is 5.50. The number of amides is 1. The largest absolute Gasteiger partial charge is 0.449 e. The van der Waals surface area contributed by atoms with E-state index in [1.165, 1.54) is 31.4 Å². The van der Waals surface area contributed by atoms with Crippen LogP contribution in [-0.4, -0.2) is 15.9 Å². The fraction of sp³-hybridized carbons (Fsp3) is 0.529. The average Bonchev–Trinajstić information content (AvgIpc) is 3.19. The van der Waals surface area contributed by atoms with Crippen LogP contribution in [0.5, 0.6) is 0 Å². The van der Waals surface area contributed by atoms with Gasteiger partial charge in [0.1, 0.15) is 0 Å². The van der Waals surface area contributed by atoms with Gasteiger partial charge in [0.05, 0.1) is 11.0 Å². The number of imidazole rings is 1. The minimum Gasteiger partial charge on any atom is -0.334 e. The number of anilines is 1. The summed E-state index contributed by atoms with van der Waals surface area (Å²) in [6.07, 6.45) is 0.884. The van der Waals surface area contributed by atoms with Crippen LogP contribution in [0.25, 0.3) is 11.0 Å². The van der Waals surface area contributed by atoms with Crippen molar-refractivity contribution in [1.82, 2.24) is 9.97 Å². The zero-order valence-electron chi connectivity index (χ0n) is 13.0. The van der Waals surface area contributed by atoms with E-state index in [-0.39, 0.29) is 16.9 Å². The van der Waals surface area contributed by atoms with Gasteiger partial charge in [-0.2, -0.15) is 13.2 Å². The van der Waals surface area contributed by atoms with Crippen LogP contribution in [0, 0.1) is 17.8 Å². The van der Waals surface area contributed by atoms with Crippen LogP contribution in [0.4, 0.5) is 18.9 Å². The lowest BCUT2D eigenvalue weighted by molar-refractivity contribution is -0.144. The topological polar surface area (TPSA) is 57.8 Å². The molecule has 0 unspecified atom stereocenters. The van der Waals surface area contributed by atoms with E-state index in [0.717, 1.165) is 12.3 Å². The van der Waals surface area contributed by atoms with E-state index < -0.39 is 12.0 Å². The summed E-state index contributed by atoms with van der Waals surface area (Å²) in [5.41, 5.74) is 0.988. The molecule has 4 rings (SSSR count). The monoisotopic (exact) mass is 337 g/mol. The second-order valence-electron chi connectivity index (χ2n) is 7.00. The molecule has 2 aliphatic rings. The Morgan fingerprint density at radius 2 is 2.12 bits per heavy atom. The number of carbonyl (C=O) groups excluding carboxylic acids is 1. The van der Waals surface area contributed by atoms with Gasteiger partial charge < -0.3 is 10.3 Å². The van der Waals surface area contributed by atoms with Crippen LogP contribution >= 0.6 is 0 Å². The summed E-state index contributed by atoms with van der Waals surface area (Å²) in [6, 6.07) is 4.56. The van der Waals surface area contributed by atoms with Crippen LogP contribution < -0.4 is 5.32 Å². The van der Waals surface area contributed by atoms with Crippen molar-refractivity contribution >= 4 is 22.6 Å². The van der Waals surface area contributed by atoms with Crippen LogP contribution in [0.1, 0.15) is 37.9 Å². The molecule has 7 heteroatoms. The quantitative estimate of drug-likeness (QED) is 0.875. The van der Waals surface area contributed by atoms with Gasteiger partial charge >= 0.3 is 6.18 Å². The molecule has 24 heavy (non-hydrogen) atoms. The first-order valence-electron chi connectivity index (χ1n) is 8.25. The molecule has 1 aromatic carbocycles. The van der Waals surface area contributed by atoms with E-state index in [9.17, 15) is 18.0 Å². The highest BCUT2D eigenvalue weighted by Crippen LogP contribution is 2.49. The molecule has 2 aromatic rings. The molecule has 1 heterocycles. The fourth-order valence-electron chi connectivity index (χ4n) is 4.30. The number of hydrogen-bond acceptors (Lipinski definition) is 2. The molecule has 2 saturated carbocycles. The number of nitrogens with one attached hydrogen (secondary N) is 2. The SMILES string of the molecule is O=C(C[C@@H]1C[C@H]2CC[C@H]1C2)Nc1ccc2nc(C(F)(F)F)[nH]c2c1. The van der Waals surface area contributed by atoms with E-state index in [0.29, 0.717) is 23.9 Å². The molecule has 0 radical (unpaired) electrons. The Balaban J connectivity index is 1.45. The summed E-state index contributed by atoms with van der Waals surface area (Å²) in [4.78, 5) is 18.0. The zero-order valence-corrected chi connectivity index (χ0v) is 13.0. The third-order valence-corrected chi connectivity index (χ3v) is 5.37. The van der Waals surface area contributed by atoms with Gasteiger partial charge in [-0.3, -0.25) is 4.79 Å². The van der Waals surface area contributed by atoms with E-state index in [1.807, 2.05) is 0 Å². The Kier molecular flexibility index (Phi) is 3.54. The third-order valence-electron chi connectivity index (χ3n) is 5.37. The molecule has 0 spiro atoms. The smallest absolute Gasteiger partial charge is 0.334 e. The Bertz CT molecular complexity index is 783. The predicted octanol–water partition coefficient (Wildman–Crippen LogP) is 4.35. The number of halogens is 3. The molecular weight excluding hydrogens is 319 g/mol. The maximum absolute atomic E-state index is 12.7. The molecule has 1 aromatic heterocycles. The second-order valence-corrected chi connectivity index (χ2v) is 7.00. The summed E-state index contributed by atoms with van der Waals surface area (Å²) in [7, 11) is 0. The Hall–Kier alpha value is -2.05. The number of aromatic nitrogens is 2. The van der Waals surface area contributed by atoms with Crippen molar-refractivity contribution in [2.24, 2.45) is 17.8 Å². The van der Waals surface area contributed by atoms with Crippen molar-refractivity contribution in [2.75, 3.05) is 5.32 Å². The molecule has 3 atom stereocenters. The summed E-state index contributed by atoms with van der Waals surface area (Å²) in [6.45, 7) is 0. The summed E-state index contributed by atoms with van der Waals surface area (Å²) in [5, 5.41) is 2.80. The van der Waals surface area contributed by atoms with E-state index in [1.54, 1.807) is 6.07 Å². The average molecular weight is 337 g/mol. The number of H-pyrrole nitrogens is 1. The van der Waals surface area contributed by atoms with Gasteiger partial charge in [0, 0.05) is 12.1 Å². The maximum atomic E-state index is 12.7. The number of rotatable bonds is 3. The summed E-state index contributed by atoms with van der Waals surface area (Å²) >= 11 is 0.